The Hall–Kier alpha value is -1.59. The molecule has 2 atom stereocenters. The molecular weight excluding hydrogens is 214 g/mol. The van der Waals surface area contributed by atoms with E-state index >= 15 is 0 Å². The Balaban J connectivity index is 4.47. The number of nitrogens with one attached hydrogen (secondary N) is 1. The van der Waals surface area contributed by atoms with Crippen LogP contribution in [0, 0.1) is 5.92 Å². The number of hydrogen-bond acceptors (Lipinski definition) is 5. The summed E-state index contributed by atoms with van der Waals surface area (Å²) in [5.74, 6) is -1.85. The Labute approximate surface area is 94.3 Å². The maximum absolute atomic E-state index is 11.3. The Morgan fingerprint density at radius 2 is 1.62 bits per heavy atom. The van der Waals surface area contributed by atoms with E-state index < -0.39 is 23.9 Å². The molecule has 0 aliphatic heterocycles. The number of esters is 2. The second-order valence-corrected chi connectivity index (χ2v) is 3.44. The summed E-state index contributed by atoms with van der Waals surface area (Å²) in [7, 11) is 2.49. The zero-order chi connectivity index (χ0) is 12.7. The SMILES string of the molecule is COC(=O)[C@H](C)C[C@H](NC(C)=O)C(=O)OC. The summed E-state index contributed by atoms with van der Waals surface area (Å²) in [4.78, 5) is 33.3. The summed E-state index contributed by atoms with van der Waals surface area (Å²) in [6.45, 7) is 2.91. The summed E-state index contributed by atoms with van der Waals surface area (Å²) < 4.78 is 9.05. The van der Waals surface area contributed by atoms with Crippen molar-refractivity contribution in [1.82, 2.24) is 5.32 Å². The monoisotopic (exact) mass is 231 g/mol. The Bertz CT molecular complexity index is 276. The van der Waals surface area contributed by atoms with Crippen LogP contribution in [0.2, 0.25) is 0 Å². The van der Waals surface area contributed by atoms with Crippen LogP contribution in [0.25, 0.3) is 0 Å². The van der Waals surface area contributed by atoms with E-state index in [0.717, 1.165) is 0 Å². The number of hydrogen-bond donors (Lipinski definition) is 1. The first-order valence-corrected chi connectivity index (χ1v) is 4.85. The van der Waals surface area contributed by atoms with Gasteiger partial charge in [0.1, 0.15) is 6.04 Å². The number of amides is 1. The molecule has 0 bridgehead atoms. The lowest BCUT2D eigenvalue weighted by molar-refractivity contribution is -0.148. The van der Waals surface area contributed by atoms with Crippen LogP contribution < -0.4 is 5.32 Å². The lowest BCUT2D eigenvalue weighted by atomic mass is 10.0. The van der Waals surface area contributed by atoms with Crippen LogP contribution in [0.3, 0.4) is 0 Å². The highest BCUT2D eigenvalue weighted by Gasteiger charge is 2.26. The van der Waals surface area contributed by atoms with E-state index in [4.69, 9.17) is 0 Å². The van der Waals surface area contributed by atoms with Gasteiger partial charge in [-0.25, -0.2) is 4.79 Å². The molecule has 0 rings (SSSR count). The van der Waals surface area contributed by atoms with Gasteiger partial charge in [0.25, 0.3) is 0 Å². The van der Waals surface area contributed by atoms with Crippen molar-refractivity contribution in [2.24, 2.45) is 5.92 Å². The van der Waals surface area contributed by atoms with Crippen molar-refractivity contribution in [1.29, 1.82) is 0 Å². The third-order valence-corrected chi connectivity index (χ3v) is 2.06. The van der Waals surface area contributed by atoms with Crippen molar-refractivity contribution in [3.63, 3.8) is 0 Å². The highest BCUT2D eigenvalue weighted by atomic mass is 16.5. The van der Waals surface area contributed by atoms with Crippen LogP contribution in [0.5, 0.6) is 0 Å². The van der Waals surface area contributed by atoms with Crippen molar-refractivity contribution >= 4 is 17.8 Å². The van der Waals surface area contributed by atoms with Crippen molar-refractivity contribution < 1.29 is 23.9 Å². The molecule has 0 saturated carbocycles. The highest BCUT2D eigenvalue weighted by molar-refractivity contribution is 5.84. The van der Waals surface area contributed by atoms with Gasteiger partial charge in [0.05, 0.1) is 20.1 Å². The van der Waals surface area contributed by atoms with Gasteiger partial charge in [-0.2, -0.15) is 0 Å². The molecule has 0 aromatic rings. The van der Waals surface area contributed by atoms with Gasteiger partial charge in [0.2, 0.25) is 5.91 Å². The molecule has 1 amide bonds. The van der Waals surface area contributed by atoms with Crippen molar-refractivity contribution in [3.05, 3.63) is 0 Å². The normalized spacial score (nSPS) is 13.5. The molecule has 0 heterocycles. The quantitative estimate of drug-likeness (QED) is 0.666. The van der Waals surface area contributed by atoms with E-state index in [0.29, 0.717) is 0 Å². The van der Waals surface area contributed by atoms with E-state index in [9.17, 15) is 14.4 Å². The molecule has 6 heteroatoms. The fourth-order valence-electron chi connectivity index (χ4n) is 1.25. The lowest BCUT2D eigenvalue weighted by Gasteiger charge is -2.18. The van der Waals surface area contributed by atoms with Crippen molar-refractivity contribution in [2.45, 2.75) is 26.3 Å². The van der Waals surface area contributed by atoms with Gasteiger partial charge in [0.15, 0.2) is 0 Å². The molecule has 16 heavy (non-hydrogen) atoms. The topological polar surface area (TPSA) is 81.7 Å². The van der Waals surface area contributed by atoms with Crippen LogP contribution in [0.4, 0.5) is 0 Å². The minimum Gasteiger partial charge on any atom is -0.469 e. The minimum atomic E-state index is -0.823. The second-order valence-electron chi connectivity index (χ2n) is 3.44. The van der Waals surface area contributed by atoms with Gasteiger partial charge >= 0.3 is 11.9 Å². The second kappa shape index (κ2) is 6.81. The van der Waals surface area contributed by atoms with Crippen LogP contribution in [0.15, 0.2) is 0 Å². The molecular formula is C10H17NO5. The Morgan fingerprint density at radius 1 is 1.12 bits per heavy atom. The van der Waals surface area contributed by atoms with Gasteiger partial charge < -0.3 is 14.8 Å². The third kappa shape index (κ3) is 4.77. The zero-order valence-corrected chi connectivity index (χ0v) is 9.90. The van der Waals surface area contributed by atoms with E-state index in [1.807, 2.05) is 0 Å². The van der Waals surface area contributed by atoms with Crippen LogP contribution in [0.1, 0.15) is 20.3 Å². The van der Waals surface area contributed by atoms with Crippen LogP contribution >= 0.6 is 0 Å². The van der Waals surface area contributed by atoms with Gasteiger partial charge in [-0.05, 0) is 6.42 Å². The predicted molar refractivity (Wildman–Crippen MR) is 55.4 cm³/mol. The van der Waals surface area contributed by atoms with Crippen LogP contribution in [-0.2, 0) is 23.9 Å². The summed E-state index contributed by atoms with van der Waals surface area (Å²) in [5.41, 5.74) is 0. The van der Waals surface area contributed by atoms with Gasteiger partial charge in [-0.3, -0.25) is 9.59 Å². The molecule has 6 nitrogen and oxygen atoms in total. The first kappa shape index (κ1) is 14.4. The molecule has 0 aromatic carbocycles. The van der Waals surface area contributed by atoms with E-state index in [1.54, 1.807) is 6.92 Å². The van der Waals surface area contributed by atoms with Gasteiger partial charge in [0, 0.05) is 6.92 Å². The molecule has 0 fully saturated rings. The van der Waals surface area contributed by atoms with E-state index in [1.165, 1.54) is 21.1 Å². The minimum absolute atomic E-state index is 0.152. The summed E-state index contributed by atoms with van der Waals surface area (Å²) in [6.07, 6.45) is 0.152. The summed E-state index contributed by atoms with van der Waals surface area (Å²) in [5, 5.41) is 2.42. The van der Waals surface area contributed by atoms with Crippen molar-refractivity contribution in [3.8, 4) is 0 Å². The first-order valence-electron chi connectivity index (χ1n) is 4.85. The molecule has 0 saturated heterocycles. The molecule has 0 aliphatic rings. The lowest BCUT2D eigenvalue weighted by Crippen LogP contribution is -2.42. The average Bonchev–Trinajstić information content (AvgIpc) is 2.25. The largest absolute Gasteiger partial charge is 0.469 e. The number of methoxy groups -OCH3 is 2. The maximum Gasteiger partial charge on any atom is 0.328 e. The van der Waals surface area contributed by atoms with Crippen molar-refractivity contribution in [2.75, 3.05) is 14.2 Å². The van der Waals surface area contributed by atoms with Crippen LogP contribution in [-0.4, -0.2) is 38.1 Å². The van der Waals surface area contributed by atoms with E-state index in [-0.39, 0.29) is 12.3 Å². The molecule has 0 spiro atoms. The van der Waals surface area contributed by atoms with Gasteiger partial charge in [-0.1, -0.05) is 6.92 Å². The number of rotatable bonds is 5. The average molecular weight is 231 g/mol. The Kier molecular flexibility index (Phi) is 6.14. The number of carbonyl (C=O) groups excluding carboxylic acids is 3. The highest BCUT2D eigenvalue weighted by Crippen LogP contribution is 2.09. The molecule has 0 radical (unpaired) electrons. The zero-order valence-electron chi connectivity index (χ0n) is 9.90. The fourth-order valence-corrected chi connectivity index (χ4v) is 1.25. The smallest absolute Gasteiger partial charge is 0.328 e. The summed E-state index contributed by atoms with van der Waals surface area (Å²) in [6, 6.07) is -0.823. The molecule has 0 unspecified atom stereocenters. The predicted octanol–water partition coefficient (Wildman–Crippen LogP) is -0.137. The maximum atomic E-state index is 11.3. The van der Waals surface area contributed by atoms with Gasteiger partial charge in [-0.15, -0.1) is 0 Å². The third-order valence-electron chi connectivity index (χ3n) is 2.06. The Morgan fingerprint density at radius 3 is 2.00 bits per heavy atom. The molecule has 0 aliphatic carbocycles. The summed E-state index contributed by atoms with van der Waals surface area (Å²) >= 11 is 0. The first-order chi connectivity index (χ1) is 7.42. The standard InChI is InChI=1S/C10H17NO5/c1-6(9(13)15-3)5-8(10(14)16-4)11-7(2)12/h6,8H,5H2,1-4H3,(H,11,12)/t6-,8+/m1/s1. The molecule has 0 aromatic heterocycles. The molecule has 1 N–H and O–H groups in total. The number of ether oxygens (including phenoxy) is 2. The molecule has 92 valence electrons. The fraction of sp³-hybridized carbons (Fsp3) is 0.700. The number of carbonyl (C=O) groups is 3. The van der Waals surface area contributed by atoms with E-state index in [2.05, 4.69) is 14.8 Å².